The highest BCUT2D eigenvalue weighted by Crippen LogP contribution is 2.22. The van der Waals surface area contributed by atoms with Gasteiger partial charge in [0.25, 0.3) is 0 Å². The van der Waals surface area contributed by atoms with Gasteiger partial charge in [-0.1, -0.05) is 42.5 Å². The monoisotopic (exact) mass is 511 g/mol. The normalized spacial score (nSPS) is 12.5. The number of likely N-dealkylation sites (N-methyl/N-ethyl adjacent to an activating group) is 1. The fraction of sp³-hybridized carbons (Fsp3) is 0.333. The van der Waals surface area contributed by atoms with Crippen LogP contribution in [-0.2, 0) is 26.2 Å². The van der Waals surface area contributed by atoms with Gasteiger partial charge in [-0.05, 0) is 61.4 Å². The molecule has 0 aliphatic carbocycles. The van der Waals surface area contributed by atoms with Gasteiger partial charge in [0.2, 0.25) is 21.8 Å². The molecule has 192 valence electrons. The molecule has 0 saturated carbocycles. The Morgan fingerprint density at radius 3 is 2.19 bits per heavy atom. The molecule has 0 aliphatic heterocycles. The summed E-state index contributed by atoms with van der Waals surface area (Å²) < 4.78 is 32.8. The quantitative estimate of drug-likeness (QED) is 0.450. The first-order valence-electron chi connectivity index (χ1n) is 11.7. The molecule has 0 aromatic heterocycles. The van der Waals surface area contributed by atoms with Crippen molar-refractivity contribution in [2.45, 2.75) is 44.3 Å². The lowest BCUT2D eigenvalue weighted by atomic mass is 10.1. The highest BCUT2D eigenvalue weighted by Gasteiger charge is 2.30. The summed E-state index contributed by atoms with van der Waals surface area (Å²) in [4.78, 5) is 27.7. The second-order valence-electron chi connectivity index (χ2n) is 8.98. The lowest BCUT2D eigenvalue weighted by Gasteiger charge is -2.30. The number of hydrogen-bond donors (Lipinski definition) is 1. The van der Waals surface area contributed by atoms with Crippen LogP contribution in [-0.4, -0.2) is 62.2 Å². The van der Waals surface area contributed by atoms with E-state index in [4.69, 9.17) is 4.74 Å². The van der Waals surface area contributed by atoms with Crippen LogP contribution in [0.15, 0.2) is 71.6 Å². The number of nitrogens with one attached hydrogen (secondary N) is 1. The zero-order valence-corrected chi connectivity index (χ0v) is 22.1. The van der Waals surface area contributed by atoms with E-state index in [0.717, 1.165) is 20.6 Å². The zero-order chi connectivity index (χ0) is 26.5. The van der Waals surface area contributed by atoms with E-state index in [1.807, 2.05) is 50.2 Å². The van der Waals surface area contributed by atoms with Gasteiger partial charge in [0.05, 0.1) is 18.6 Å². The van der Waals surface area contributed by atoms with Crippen molar-refractivity contribution in [3.63, 3.8) is 0 Å². The minimum atomic E-state index is -3.94. The molecule has 8 nitrogen and oxygen atoms in total. The second-order valence-corrected chi connectivity index (χ2v) is 11.0. The third kappa shape index (κ3) is 6.41. The van der Waals surface area contributed by atoms with E-state index in [1.54, 1.807) is 38.3 Å². The van der Waals surface area contributed by atoms with Crippen LogP contribution < -0.4 is 10.1 Å². The van der Waals surface area contributed by atoms with E-state index in [-0.39, 0.29) is 23.4 Å². The predicted molar refractivity (Wildman–Crippen MR) is 140 cm³/mol. The molecule has 0 saturated heterocycles. The standard InChI is InChI=1S/C27H33N3O5S/c1-19(2)28-27(32)20(3)30(17-21-10-13-24(35-5)14-11-21)26(31)18-29(4)36(33,34)25-15-12-22-8-6-7-9-23(22)16-25/h6-16,19-20H,17-18H2,1-5H3,(H,28,32)/t20-/m0/s1. The van der Waals surface area contributed by atoms with Crippen molar-refractivity contribution < 1.29 is 22.7 Å². The molecule has 1 N–H and O–H groups in total. The van der Waals surface area contributed by atoms with Crippen molar-refractivity contribution in [1.82, 2.24) is 14.5 Å². The number of hydrogen-bond acceptors (Lipinski definition) is 5. The van der Waals surface area contributed by atoms with Crippen molar-refractivity contribution in [3.05, 3.63) is 72.3 Å². The highest BCUT2D eigenvalue weighted by atomic mass is 32.2. The summed E-state index contributed by atoms with van der Waals surface area (Å²) in [6.07, 6.45) is 0. The van der Waals surface area contributed by atoms with Crippen molar-refractivity contribution in [1.29, 1.82) is 0 Å². The van der Waals surface area contributed by atoms with Gasteiger partial charge in [-0.3, -0.25) is 9.59 Å². The number of carbonyl (C=O) groups is 2. The van der Waals surface area contributed by atoms with Crippen molar-refractivity contribution in [2.75, 3.05) is 20.7 Å². The summed E-state index contributed by atoms with van der Waals surface area (Å²) >= 11 is 0. The van der Waals surface area contributed by atoms with Gasteiger partial charge in [0.15, 0.2) is 0 Å². The number of fused-ring (bicyclic) bond motifs is 1. The average molecular weight is 512 g/mol. The maximum absolute atomic E-state index is 13.4. The number of ether oxygens (including phenoxy) is 1. The molecule has 3 rings (SSSR count). The molecule has 9 heteroatoms. The number of methoxy groups -OCH3 is 1. The third-order valence-electron chi connectivity index (χ3n) is 5.90. The Labute approximate surface area is 212 Å². The van der Waals surface area contributed by atoms with Crippen LogP contribution in [0.1, 0.15) is 26.3 Å². The fourth-order valence-corrected chi connectivity index (χ4v) is 4.95. The Balaban J connectivity index is 1.84. The Morgan fingerprint density at radius 1 is 0.944 bits per heavy atom. The van der Waals surface area contributed by atoms with Gasteiger partial charge >= 0.3 is 0 Å². The van der Waals surface area contributed by atoms with E-state index >= 15 is 0 Å². The summed E-state index contributed by atoms with van der Waals surface area (Å²) in [6, 6.07) is 18.6. The maximum atomic E-state index is 13.4. The molecule has 0 aliphatic rings. The lowest BCUT2D eigenvalue weighted by molar-refractivity contribution is -0.140. The average Bonchev–Trinajstić information content (AvgIpc) is 2.86. The Bertz CT molecular complexity index is 1320. The van der Waals surface area contributed by atoms with E-state index in [1.165, 1.54) is 18.0 Å². The first-order chi connectivity index (χ1) is 17.0. The summed E-state index contributed by atoms with van der Waals surface area (Å²) in [5.74, 6) is -0.126. The Kier molecular flexibility index (Phi) is 8.70. The number of nitrogens with zero attached hydrogens (tertiary/aromatic N) is 2. The minimum absolute atomic E-state index is 0.101. The van der Waals surface area contributed by atoms with E-state index in [9.17, 15) is 18.0 Å². The highest BCUT2D eigenvalue weighted by molar-refractivity contribution is 7.89. The van der Waals surface area contributed by atoms with Crippen molar-refractivity contribution in [2.24, 2.45) is 0 Å². The first kappa shape index (κ1) is 27.2. The Hall–Kier alpha value is -3.43. The van der Waals surface area contributed by atoms with E-state index in [2.05, 4.69) is 5.32 Å². The molecule has 0 bridgehead atoms. The molecule has 2 amide bonds. The number of rotatable bonds is 10. The van der Waals surface area contributed by atoms with E-state index in [0.29, 0.717) is 5.75 Å². The molecule has 0 heterocycles. The molecule has 3 aromatic rings. The van der Waals surface area contributed by atoms with Gasteiger partial charge in [0.1, 0.15) is 11.8 Å². The minimum Gasteiger partial charge on any atom is -0.497 e. The van der Waals surface area contributed by atoms with Crippen LogP contribution in [0.5, 0.6) is 5.75 Å². The number of sulfonamides is 1. The van der Waals surface area contributed by atoms with Gasteiger partial charge in [-0.15, -0.1) is 0 Å². The molecule has 3 aromatic carbocycles. The molecular formula is C27H33N3O5S. The molecule has 0 spiro atoms. The smallest absolute Gasteiger partial charge is 0.243 e. The third-order valence-corrected chi connectivity index (χ3v) is 7.70. The maximum Gasteiger partial charge on any atom is 0.243 e. The van der Waals surface area contributed by atoms with Crippen LogP contribution in [0.4, 0.5) is 0 Å². The number of amides is 2. The van der Waals surface area contributed by atoms with Gasteiger partial charge in [-0.25, -0.2) is 8.42 Å². The van der Waals surface area contributed by atoms with Crippen molar-refractivity contribution >= 4 is 32.6 Å². The van der Waals surface area contributed by atoms with Gasteiger partial charge in [0, 0.05) is 19.6 Å². The van der Waals surface area contributed by atoms with Crippen LogP contribution in [0.2, 0.25) is 0 Å². The summed E-state index contributed by atoms with van der Waals surface area (Å²) in [5.41, 5.74) is 0.786. The molecule has 0 radical (unpaired) electrons. The molecular weight excluding hydrogens is 478 g/mol. The number of carbonyl (C=O) groups excluding carboxylic acids is 2. The van der Waals surface area contributed by atoms with Crippen LogP contribution >= 0.6 is 0 Å². The van der Waals surface area contributed by atoms with Gasteiger partial charge < -0.3 is 15.0 Å². The second kappa shape index (κ2) is 11.5. The van der Waals surface area contributed by atoms with E-state index < -0.39 is 28.5 Å². The molecule has 0 fully saturated rings. The lowest BCUT2D eigenvalue weighted by Crippen LogP contribution is -2.51. The summed E-state index contributed by atoms with van der Waals surface area (Å²) in [5, 5.41) is 4.54. The van der Waals surface area contributed by atoms with Crippen molar-refractivity contribution in [3.8, 4) is 5.75 Å². The fourth-order valence-electron chi connectivity index (χ4n) is 3.79. The molecule has 1 atom stereocenters. The van der Waals surface area contributed by atoms with Crippen LogP contribution in [0.25, 0.3) is 10.8 Å². The van der Waals surface area contributed by atoms with Crippen LogP contribution in [0, 0.1) is 0 Å². The van der Waals surface area contributed by atoms with Crippen LogP contribution in [0.3, 0.4) is 0 Å². The topological polar surface area (TPSA) is 96.0 Å². The SMILES string of the molecule is COc1ccc(CN(C(=O)CN(C)S(=O)(=O)c2ccc3ccccc3c2)[C@@H](C)C(=O)NC(C)C)cc1. The number of benzene rings is 3. The van der Waals surface area contributed by atoms with Gasteiger partial charge in [-0.2, -0.15) is 4.31 Å². The summed E-state index contributed by atoms with van der Waals surface area (Å²) in [7, 11) is -1.00. The first-order valence-corrected chi connectivity index (χ1v) is 13.1. The zero-order valence-electron chi connectivity index (χ0n) is 21.3. The molecule has 0 unspecified atom stereocenters. The largest absolute Gasteiger partial charge is 0.497 e. The predicted octanol–water partition coefficient (Wildman–Crippen LogP) is 3.41. The molecule has 36 heavy (non-hydrogen) atoms. The summed E-state index contributed by atoms with van der Waals surface area (Å²) in [6.45, 7) is 5.04. The Morgan fingerprint density at radius 2 is 1.58 bits per heavy atom.